The second-order valence-corrected chi connectivity index (χ2v) is 13.5. The molecule has 43 heavy (non-hydrogen) atoms. The molecule has 10 rings (SSSR count). The standard InChI is InChI=1S/C40H23NS2/c1-3-12-34-28(9-1)31-21-25(26-16-19-37-32(22-26)30-11-5-7-24-8-6-14-39(43-37)40(24)30)15-18-35(31)41(34)27-17-20-38-33(23-27)29-10-2-4-13-36(29)42-38/h1-23H. The maximum atomic E-state index is 2.43. The minimum atomic E-state index is 1.20. The van der Waals surface area contributed by atoms with Gasteiger partial charge in [-0.25, -0.2) is 0 Å². The fourth-order valence-electron chi connectivity index (χ4n) is 7.03. The van der Waals surface area contributed by atoms with Crippen molar-refractivity contribution in [3.8, 4) is 27.9 Å². The molecule has 2 aromatic heterocycles. The van der Waals surface area contributed by atoms with E-state index in [4.69, 9.17) is 0 Å². The highest BCUT2D eigenvalue weighted by molar-refractivity contribution is 7.99. The zero-order chi connectivity index (χ0) is 28.1. The predicted molar refractivity (Wildman–Crippen MR) is 186 cm³/mol. The molecule has 0 unspecified atom stereocenters. The molecule has 200 valence electrons. The zero-order valence-corrected chi connectivity index (χ0v) is 24.7. The van der Waals surface area contributed by atoms with E-state index in [1.807, 2.05) is 23.1 Å². The molecule has 0 aliphatic carbocycles. The van der Waals surface area contributed by atoms with Crippen LogP contribution < -0.4 is 0 Å². The van der Waals surface area contributed by atoms with Gasteiger partial charge < -0.3 is 4.57 Å². The first kappa shape index (κ1) is 23.7. The summed E-state index contributed by atoms with van der Waals surface area (Å²) in [5, 5.41) is 7.89. The van der Waals surface area contributed by atoms with Crippen LogP contribution in [0.1, 0.15) is 0 Å². The minimum Gasteiger partial charge on any atom is -0.309 e. The second-order valence-electron chi connectivity index (χ2n) is 11.3. The van der Waals surface area contributed by atoms with Crippen LogP contribution in [0.5, 0.6) is 0 Å². The Balaban J connectivity index is 1.17. The molecule has 0 spiro atoms. The molecule has 0 amide bonds. The lowest BCUT2D eigenvalue weighted by molar-refractivity contribution is 1.19. The van der Waals surface area contributed by atoms with E-state index in [1.54, 1.807) is 0 Å². The summed E-state index contributed by atoms with van der Waals surface area (Å²) >= 11 is 3.75. The van der Waals surface area contributed by atoms with Crippen molar-refractivity contribution in [2.24, 2.45) is 0 Å². The average molecular weight is 582 g/mol. The van der Waals surface area contributed by atoms with Gasteiger partial charge in [0.2, 0.25) is 0 Å². The lowest BCUT2D eigenvalue weighted by Gasteiger charge is -2.21. The smallest absolute Gasteiger partial charge is 0.0541 e. The highest BCUT2D eigenvalue weighted by atomic mass is 32.2. The predicted octanol–water partition coefficient (Wildman–Crippen LogP) is 12.1. The molecule has 0 saturated heterocycles. The second kappa shape index (κ2) is 8.84. The summed E-state index contributed by atoms with van der Waals surface area (Å²) in [7, 11) is 0. The minimum absolute atomic E-state index is 1.20. The third-order valence-electron chi connectivity index (χ3n) is 8.98. The highest BCUT2D eigenvalue weighted by Gasteiger charge is 2.20. The van der Waals surface area contributed by atoms with Gasteiger partial charge in [-0.05, 0) is 88.3 Å². The van der Waals surface area contributed by atoms with Crippen molar-refractivity contribution in [2.45, 2.75) is 9.79 Å². The number of nitrogens with zero attached hydrogens (tertiary/aromatic N) is 1. The molecule has 0 fully saturated rings. The maximum Gasteiger partial charge on any atom is 0.0541 e. The van der Waals surface area contributed by atoms with Crippen LogP contribution in [0.4, 0.5) is 0 Å². The first-order chi connectivity index (χ1) is 21.3. The Morgan fingerprint density at radius 2 is 1.21 bits per heavy atom. The first-order valence-corrected chi connectivity index (χ1v) is 16.2. The van der Waals surface area contributed by atoms with Gasteiger partial charge in [0.25, 0.3) is 0 Å². The van der Waals surface area contributed by atoms with E-state index in [1.165, 1.54) is 90.5 Å². The van der Waals surface area contributed by atoms with Crippen LogP contribution in [0, 0.1) is 0 Å². The lowest BCUT2D eigenvalue weighted by atomic mass is 9.94. The molecule has 0 bridgehead atoms. The van der Waals surface area contributed by atoms with Crippen LogP contribution in [0.2, 0.25) is 0 Å². The van der Waals surface area contributed by atoms with Gasteiger partial charge in [0.15, 0.2) is 0 Å². The summed E-state index contributed by atoms with van der Waals surface area (Å²) in [4.78, 5) is 2.67. The van der Waals surface area contributed by atoms with Gasteiger partial charge in [-0.1, -0.05) is 90.6 Å². The number of fused-ring (bicyclic) bond motifs is 8. The molecule has 9 aromatic rings. The van der Waals surface area contributed by atoms with E-state index in [0.717, 1.165) is 0 Å². The van der Waals surface area contributed by atoms with Crippen LogP contribution in [0.25, 0.3) is 80.7 Å². The third-order valence-corrected chi connectivity index (χ3v) is 11.3. The van der Waals surface area contributed by atoms with E-state index >= 15 is 0 Å². The Kier molecular flexibility index (Phi) is 4.87. The van der Waals surface area contributed by atoms with E-state index in [-0.39, 0.29) is 0 Å². The number of hydrogen-bond acceptors (Lipinski definition) is 2. The van der Waals surface area contributed by atoms with Crippen LogP contribution in [-0.2, 0) is 0 Å². The number of para-hydroxylation sites is 1. The van der Waals surface area contributed by atoms with Gasteiger partial charge in [0.05, 0.1) is 11.0 Å². The maximum absolute atomic E-state index is 2.43. The Hall–Kier alpha value is -4.83. The summed E-state index contributed by atoms with van der Waals surface area (Å²) in [6.45, 7) is 0. The van der Waals surface area contributed by atoms with Crippen molar-refractivity contribution in [3.63, 3.8) is 0 Å². The average Bonchev–Trinajstić information content (AvgIpc) is 3.60. The zero-order valence-electron chi connectivity index (χ0n) is 23.0. The molecule has 3 heterocycles. The van der Waals surface area contributed by atoms with E-state index < -0.39 is 0 Å². The van der Waals surface area contributed by atoms with Gasteiger partial charge in [-0.3, -0.25) is 0 Å². The third kappa shape index (κ3) is 3.41. The molecule has 0 atom stereocenters. The summed E-state index contributed by atoms with van der Waals surface area (Å²) in [6.07, 6.45) is 0. The molecular formula is C40H23NS2. The van der Waals surface area contributed by atoms with Gasteiger partial charge in [-0.2, -0.15) is 0 Å². The van der Waals surface area contributed by atoms with Crippen molar-refractivity contribution in [1.29, 1.82) is 0 Å². The summed E-state index contributed by atoms with van der Waals surface area (Å²) < 4.78 is 5.10. The number of benzene rings is 7. The molecule has 0 radical (unpaired) electrons. The Bertz CT molecular complexity index is 2600. The lowest BCUT2D eigenvalue weighted by Crippen LogP contribution is -1.94. The molecule has 1 aliphatic heterocycles. The summed E-state index contributed by atoms with van der Waals surface area (Å²) in [5.74, 6) is 0. The van der Waals surface area contributed by atoms with E-state index in [2.05, 4.69) is 144 Å². The largest absolute Gasteiger partial charge is 0.309 e. The van der Waals surface area contributed by atoms with Gasteiger partial charge in [-0.15, -0.1) is 11.3 Å². The van der Waals surface area contributed by atoms with E-state index in [9.17, 15) is 0 Å². The van der Waals surface area contributed by atoms with Crippen molar-refractivity contribution in [3.05, 3.63) is 140 Å². The first-order valence-electron chi connectivity index (χ1n) is 14.6. The Morgan fingerprint density at radius 3 is 2.16 bits per heavy atom. The normalized spacial score (nSPS) is 12.6. The fourth-order valence-corrected chi connectivity index (χ4v) is 9.24. The Labute approximate surface area is 256 Å². The SMILES string of the molecule is c1cc2c3c(cccc3c1)-c1cc(-c3ccc4c(c3)c3ccccc3n4-c3ccc4sc5ccccc5c4c3)ccc1S2. The number of thiophene rings is 1. The summed E-state index contributed by atoms with van der Waals surface area (Å²) in [5.41, 5.74) is 8.82. The molecule has 1 nitrogen and oxygen atoms in total. The molecule has 7 aromatic carbocycles. The van der Waals surface area contributed by atoms with Crippen molar-refractivity contribution < 1.29 is 0 Å². The van der Waals surface area contributed by atoms with Crippen molar-refractivity contribution in [2.75, 3.05) is 0 Å². The van der Waals surface area contributed by atoms with Gasteiger partial charge in [0.1, 0.15) is 0 Å². The number of rotatable bonds is 2. The molecule has 3 heteroatoms. The fraction of sp³-hybridized carbons (Fsp3) is 0. The van der Waals surface area contributed by atoms with Crippen LogP contribution in [0.15, 0.2) is 149 Å². The van der Waals surface area contributed by atoms with Crippen molar-refractivity contribution in [1.82, 2.24) is 4.57 Å². The van der Waals surface area contributed by atoms with E-state index in [0.29, 0.717) is 0 Å². The van der Waals surface area contributed by atoms with Crippen LogP contribution in [-0.4, -0.2) is 4.57 Å². The summed E-state index contributed by atoms with van der Waals surface area (Å²) in [6, 6.07) is 51.8. The van der Waals surface area contributed by atoms with Gasteiger partial charge in [0, 0.05) is 51.8 Å². The Morgan fingerprint density at radius 1 is 0.442 bits per heavy atom. The molecule has 0 N–H and O–H groups in total. The van der Waals surface area contributed by atoms with Crippen LogP contribution in [0.3, 0.4) is 0 Å². The highest BCUT2D eigenvalue weighted by Crippen LogP contribution is 2.49. The topological polar surface area (TPSA) is 4.93 Å². The monoisotopic (exact) mass is 581 g/mol. The van der Waals surface area contributed by atoms with Crippen molar-refractivity contribution >= 4 is 75.8 Å². The quantitative estimate of drug-likeness (QED) is 0.197. The molecule has 0 saturated carbocycles. The molecule has 1 aliphatic rings. The number of aromatic nitrogens is 1. The van der Waals surface area contributed by atoms with Gasteiger partial charge >= 0.3 is 0 Å². The molecular weight excluding hydrogens is 559 g/mol. The van der Waals surface area contributed by atoms with Crippen LogP contribution >= 0.6 is 23.1 Å². The number of hydrogen-bond donors (Lipinski definition) is 0.